The van der Waals surface area contributed by atoms with Crippen LogP contribution in [0.3, 0.4) is 0 Å². The van der Waals surface area contributed by atoms with Crippen molar-refractivity contribution in [1.82, 2.24) is 5.32 Å². The largest absolute Gasteiger partial charge is 0.493 e. The second-order valence-electron chi connectivity index (χ2n) is 5.95. The van der Waals surface area contributed by atoms with E-state index in [0.29, 0.717) is 5.56 Å². The van der Waals surface area contributed by atoms with Crippen molar-refractivity contribution >= 4 is 35.0 Å². The fourth-order valence-corrected chi connectivity index (χ4v) is 3.07. The molecule has 0 aliphatic carbocycles. The first kappa shape index (κ1) is 22.6. The second kappa shape index (κ2) is 9.67. The van der Waals surface area contributed by atoms with Gasteiger partial charge in [0.2, 0.25) is 5.75 Å². The second-order valence-corrected chi connectivity index (χ2v) is 6.76. The molecule has 2 amide bonds. The number of nitrogens with one attached hydrogen (secondary N) is 1. The highest BCUT2D eigenvalue weighted by Gasteiger charge is 2.21. The summed E-state index contributed by atoms with van der Waals surface area (Å²) < 4.78 is 29.5. The normalized spacial score (nSPS) is 11.5. The van der Waals surface area contributed by atoms with Gasteiger partial charge in [-0.1, -0.05) is 23.2 Å². The van der Waals surface area contributed by atoms with Gasteiger partial charge in [0.25, 0.3) is 11.8 Å². The molecule has 10 heteroatoms. The maximum Gasteiger partial charge on any atom is 0.255 e. The Morgan fingerprint density at radius 3 is 2.21 bits per heavy atom. The maximum absolute atomic E-state index is 13.8. The predicted octanol–water partition coefficient (Wildman–Crippen LogP) is 3.50. The van der Waals surface area contributed by atoms with E-state index in [4.69, 9.17) is 43.1 Å². The molecule has 0 aromatic heterocycles. The van der Waals surface area contributed by atoms with Crippen molar-refractivity contribution in [3.05, 3.63) is 51.3 Å². The van der Waals surface area contributed by atoms with E-state index >= 15 is 0 Å². The molecule has 7 nitrogen and oxygen atoms in total. The highest BCUT2D eigenvalue weighted by Crippen LogP contribution is 2.38. The minimum absolute atomic E-state index is 0.113. The van der Waals surface area contributed by atoms with E-state index in [2.05, 4.69) is 5.32 Å². The van der Waals surface area contributed by atoms with Gasteiger partial charge >= 0.3 is 0 Å². The van der Waals surface area contributed by atoms with Crippen molar-refractivity contribution in [2.24, 2.45) is 5.73 Å². The van der Waals surface area contributed by atoms with E-state index < -0.39 is 30.3 Å². The van der Waals surface area contributed by atoms with Crippen LogP contribution in [-0.4, -0.2) is 32.6 Å². The van der Waals surface area contributed by atoms with Crippen LogP contribution in [0.5, 0.6) is 17.2 Å². The molecular formula is C19H19Cl2FN2O5. The Morgan fingerprint density at radius 1 is 1.10 bits per heavy atom. The van der Waals surface area contributed by atoms with Crippen LogP contribution in [0.2, 0.25) is 10.0 Å². The highest BCUT2D eigenvalue weighted by atomic mass is 35.5. The lowest BCUT2D eigenvalue weighted by Crippen LogP contribution is -2.27. The fourth-order valence-electron chi connectivity index (χ4n) is 2.52. The van der Waals surface area contributed by atoms with E-state index in [1.165, 1.54) is 32.4 Å². The number of methoxy groups -OCH3 is 2. The smallest absolute Gasteiger partial charge is 0.255 e. The molecule has 0 radical (unpaired) electrons. The number of ether oxygens (including phenoxy) is 3. The van der Waals surface area contributed by atoms with Gasteiger partial charge in [-0.3, -0.25) is 9.59 Å². The van der Waals surface area contributed by atoms with E-state index in [9.17, 15) is 14.0 Å². The summed E-state index contributed by atoms with van der Waals surface area (Å²) in [5.74, 6) is -1.37. The average Bonchev–Trinajstić information content (AvgIpc) is 2.67. The number of hydrogen-bond donors (Lipinski definition) is 2. The van der Waals surface area contributed by atoms with Crippen molar-refractivity contribution in [3.8, 4) is 17.2 Å². The van der Waals surface area contributed by atoms with Crippen LogP contribution in [0.4, 0.5) is 4.39 Å². The number of rotatable bonds is 8. The maximum atomic E-state index is 13.8. The predicted molar refractivity (Wildman–Crippen MR) is 107 cm³/mol. The van der Waals surface area contributed by atoms with Gasteiger partial charge in [-0.15, -0.1) is 0 Å². The Bertz CT molecular complexity index is 914. The number of halogens is 3. The molecule has 0 unspecified atom stereocenters. The average molecular weight is 445 g/mol. The third kappa shape index (κ3) is 5.42. The van der Waals surface area contributed by atoms with Gasteiger partial charge in [-0.2, -0.15) is 0 Å². The number of amides is 2. The summed E-state index contributed by atoms with van der Waals surface area (Å²) in [7, 11) is 2.74. The third-order valence-electron chi connectivity index (χ3n) is 3.94. The molecular weight excluding hydrogens is 426 g/mol. The molecule has 3 N–H and O–H groups in total. The summed E-state index contributed by atoms with van der Waals surface area (Å²) in [5.41, 5.74) is 5.63. The standard InChI is InChI=1S/C19H19Cl2FN2O5/c1-9(11-6-14(22)13(21)7-12(11)20)24-19(26)10-4-15(27-2)18(16(5-10)28-3)29-8-17(23)25/h4-7,9H,8H2,1-3H3,(H2,23,25)(H,24,26)/t9-/m1/s1. The van der Waals surface area contributed by atoms with E-state index in [1.54, 1.807) is 6.92 Å². The van der Waals surface area contributed by atoms with Crippen molar-refractivity contribution in [2.75, 3.05) is 20.8 Å². The first-order chi connectivity index (χ1) is 13.7. The van der Waals surface area contributed by atoms with Gasteiger partial charge < -0.3 is 25.3 Å². The summed E-state index contributed by atoms with van der Waals surface area (Å²) in [6, 6.07) is 4.63. The lowest BCUT2D eigenvalue weighted by Gasteiger charge is -2.18. The Labute approximate surface area is 176 Å². The summed E-state index contributed by atoms with van der Waals surface area (Å²) in [6.45, 7) is 1.25. The molecule has 2 aromatic rings. The molecule has 29 heavy (non-hydrogen) atoms. The Balaban J connectivity index is 2.30. The number of nitrogens with two attached hydrogens (primary N) is 1. The zero-order chi connectivity index (χ0) is 21.7. The van der Waals surface area contributed by atoms with Crippen LogP contribution >= 0.6 is 23.2 Å². The van der Waals surface area contributed by atoms with Crippen molar-refractivity contribution in [3.63, 3.8) is 0 Å². The van der Waals surface area contributed by atoms with Gasteiger partial charge in [0.05, 0.1) is 25.3 Å². The quantitative estimate of drug-likeness (QED) is 0.606. The van der Waals surface area contributed by atoms with Crippen LogP contribution in [0.15, 0.2) is 24.3 Å². The molecule has 0 bridgehead atoms. The monoisotopic (exact) mass is 444 g/mol. The molecule has 0 aliphatic heterocycles. The first-order valence-corrected chi connectivity index (χ1v) is 9.05. The Hall–Kier alpha value is -2.71. The van der Waals surface area contributed by atoms with Gasteiger partial charge in [-0.25, -0.2) is 4.39 Å². The van der Waals surface area contributed by atoms with Crippen LogP contribution in [0, 0.1) is 5.82 Å². The number of primary amides is 1. The van der Waals surface area contributed by atoms with E-state index in [-0.39, 0.29) is 32.9 Å². The number of benzene rings is 2. The van der Waals surface area contributed by atoms with Gasteiger partial charge in [-0.05, 0) is 36.8 Å². The Kier molecular flexibility index (Phi) is 7.53. The van der Waals surface area contributed by atoms with Crippen LogP contribution in [0.1, 0.15) is 28.9 Å². The first-order valence-electron chi connectivity index (χ1n) is 8.30. The topological polar surface area (TPSA) is 99.9 Å². The Morgan fingerprint density at radius 2 is 1.69 bits per heavy atom. The van der Waals surface area contributed by atoms with Crippen molar-refractivity contribution < 1.29 is 28.2 Å². The zero-order valence-corrected chi connectivity index (χ0v) is 17.4. The number of carbonyl (C=O) groups is 2. The molecule has 2 rings (SSSR count). The molecule has 0 heterocycles. The van der Waals surface area contributed by atoms with Crippen LogP contribution in [0.25, 0.3) is 0 Å². The highest BCUT2D eigenvalue weighted by molar-refractivity contribution is 6.35. The molecule has 156 valence electrons. The SMILES string of the molecule is COc1cc(C(=O)N[C@H](C)c2cc(F)c(Cl)cc2Cl)cc(OC)c1OCC(N)=O. The third-order valence-corrected chi connectivity index (χ3v) is 4.55. The summed E-state index contributed by atoms with van der Waals surface area (Å²) in [4.78, 5) is 23.7. The van der Waals surface area contributed by atoms with Crippen molar-refractivity contribution in [1.29, 1.82) is 0 Å². The van der Waals surface area contributed by atoms with E-state index in [0.717, 1.165) is 6.07 Å². The minimum atomic E-state index is -0.683. The lowest BCUT2D eigenvalue weighted by atomic mass is 10.1. The van der Waals surface area contributed by atoms with Gasteiger partial charge in [0.15, 0.2) is 18.1 Å². The summed E-state index contributed by atoms with van der Waals surface area (Å²) in [5, 5.41) is 2.82. The van der Waals surface area contributed by atoms with Crippen molar-refractivity contribution in [2.45, 2.75) is 13.0 Å². The molecule has 2 aromatic carbocycles. The summed E-state index contributed by atoms with van der Waals surface area (Å²) >= 11 is 11.8. The molecule has 0 fully saturated rings. The fraction of sp³-hybridized carbons (Fsp3) is 0.263. The van der Waals surface area contributed by atoms with E-state index in [1.807, 2.05) is 0 Å². The lowest BCUT2D eigenvalue weighted by molar-refractivity contribution is -0.120. The molecule has 0 aliphatic rings. The number of hydrogen-bond acceptors (Lipinski definition) is 5. The van der Waals surface area contributed by atoms with Gasteiger partial charge in [0.1, 0.15) is 5.82 Å². The number of carbonyl (C=O) groups excluding carboxylic acids is 2. The molecule has 1 atom stereocenters. The summed E-state index contributed by atoms with van der Waals surface area (Å²) in [6.07, 6.45) is 0. The molecule has 0 spiro atoms. The minimum Gasteiger partial charge on any atom is -0.493 e. The van der Waals surface area contributed by atoms with Crippen LogP contribution < -0.4 is 25.3 Å². The zero-order valence-electron chi connectivity index (χ0n) is 15.8. The van der Waals surface area contributed by atoms with Crippen LogP contribution in [-0.2, 0) is 4.79 Å². The molecule has 0 saturated heterocycles. The molecule has 0 saturated carbocycles. The van der Waals surface area contributed by atoms with Gasteiger partial charge in [0, 0.05) is 10.6 Å².